The number of amides is 2. The monoisotopic (exact) mass is 363 g/mol. The number of morpholine rings is 1. The van der Waals surface area contributed by atoms with Crippen molar-refractivity contribution >= 4 is 34.8 Å². The van der Waals surface area contributed by atoms with Gasteiger partial charge in [-0.2, -0.15) is 0 Å². The Bertz CT molecular complexity index is 615. The van der Waals surface area contributed by atoms with E-state index >= 15 is 0 Å². The molecule has 0 aromatic heterocycles. The Morgan fingerprint density at radius 1 is 1.20 bits per heavy atom. The van der Waals surface area contributed by atoms with Crippen LogP contribution in [0.2, 0.25) is 0 Å². The van der Waals surface area contributed by atoms with Gasteiger partial charge in [-0.25, -0.2) is 0 Å². The van der Waals surface area contributed by atoms with Gasteiger partial charge in [-0.05, 0) is 30.8 Å². The molecule has 0 unspecified atom stereocenters. The first-order valence-corrected chi connectivity index (χ1v) is 9.09. The number of hydrogen-bond donors (Lipinski definition) is 2. The third-order valence-corrected chi connectivity index (χ3v) is 4.17. The van der Waals surface area contributed by atoms with Gasteiger partial charge in [0.15, 0.2) is 5.11 Å². The predicted octanol–water partition coefficient (Wildman–Crippen LogP) is 2.55. The molecule has 1 saturated heterocycles. The van der Waals surface area contributed by atoms with E-state index in [9.17, 15) is 9.59 Å². The molecule has 2 rings (SSSR count). The molecule has 7 heteroatoms. The first kappa shape index (κ1) is 19.3. The van der Waals surface area contributed by atoms with Crippen LogP contribution in [0.4, 0.5) is 5.69 Å². The predicted molar refractivity (Wildman–Crippen MR) is 102 cm³/mol. The summed E-state index contributed by atoms with van der Waals surface area (Å²) in [6.45, 7) is 4.34. The van der Waals surface area contributed by atoms with Crippen LogP contribution in [0.15, 0.2) is 24.3 Å². The van der Waals surface area contributed by atoms with Crippen molar-refractivity contribution in [3.05, 3.63) is 29.8 Å². The summed E-state index contributed by atoms with van der Waals surface area (Å²) in [5.74, 6) is -0.175. The summed E-state index contributed by atoms with van der Waals surface area (Å²) in [6, 6.07) is 7.17. The van der Waals surface area contributed by atoms with Gasteiger partial charge in [0.1, 0.15) is 0 Å². The topological polar surface area (TPSA) is 70.7 Å². The molecular weight excluding hydrogens is 338 g/mol. The van der Waals surface area contributed by atoms with E-state index in [0.29, 0.717) is 44.0 Å². The van der Waals surface area contributed by atoms with E-state index in [1.165, 1.54) is 0 Å². The normalized spacial score (nSPS) is 14.0. The molecule has 1 aromatic carbocycles. The number of ether oxygens (including phenoxy) is 1. The second kappa shape index (κ2) is 10.1. The van der Waals surface area contributed by atoms with Gasteiger partial charge in [0, 0.05) is 19.5 Å². The van der Waals surface area contributed by atoms with E-state index in [0.717, 1.165) is 19.3 Å². The molecule has 0 bridgehead atoms. The fourth-order valence-corrected chi connectivity index (χ4v) is 2.82. The first-order chi connectivity index (χ1) is 12.1. The van der Waals surface area contributed by atoms with Gasteiger partial charge in [0.05, 0.1) is 24.5 Å². The number of hydrogen-bond acceptors (Lipinski definition) is 4. The zero-order valence-electron chi connectivity index (χ0n) is 14.5. The summed E-state index contributed by atoms with van der Waals surface area (Å²) in [6.07, 6.45) is 3.37. The Labute approximate surface area is 153 Å². The quantitative estimate of drug-likeness (QED) is 0.600. The van der Waals surface area contributed by atoms with Crippen LogP contribution in [0, 0.1) is 0 Å². The lowest BCUT2D eigenvalue weighted by atomic mass is 10.1. The van der Waals surface area contributed by atoms with Crippen molar-refractivity contribution in [2.45, 2.75) is 32.6 Å². The van der Waals surface area contributed by atoms with Crippen molar-refractivity contribution in [2.24, 2.45) is 0 Å². The minimum absolute atomic E-state index is 0.0662. The number of nitrogens with one attached hydrogen (secondary N) is 2. The van der Waals surface area contributed by atoms with Crippen LogP contribution in [0.5, 0.6) is 0 Å². The van der Waals surface area contributed by atoms with Crippen LogP contribution in [0.3, 0.4) is 0 Å². The highest BCUT2D eigenvalue weighted by Crippen LogP contribution is 2.18. The standard InChI is InChI=1S/C18H25N3O3S/c1-2-3-4-9-16(22)20-18(25)19-15-8-6-5-7-14(15)17(23)21-10-12-24-13-11-21/h5-8H,2-4,9-13H2,1H3,(H2,19,20,22,25). The summed E-state index contributed by atoms with van der Waals surface area (Å²) in [5, 5.41) is 5.85. The number of benzene rings is 1. The highest BCUT2D eigenvalue weighted by Gasteiger charge is 2.21. The van der Waals surface area contributed by atoms with Gasteiger partial charge in [0.2, 0.25) is 5.91 Å². The van der Waals surface area contributed by atoms with Crippen LogP contribution in [0.1, 0.15) is 43.0 Å². The average Bonchev–Trinajstić information content (AvgIpc) is 2.62. The van der Waals surface area contributed by atoms with Crippen molar-refractivity contribution in [1.82, 2.24) is 10.2 Å². The van der Waals surface area contributed by atoms with Crippen molar-refractivity contribution in [3.8, 4) is 0 Å². The molecule has 0 atom stereocenters. The van der Waals surface area contributed by atoms with Crippen LogP contribution < -0.4 is 10.6 Å². The maximum absolute atomic E-state index is 12.7. The number of unbranched alkanes of at least 4 members (excludes halogenated alkanes) is 2. The molecule has 1 aliphatic heterocycles. The van der Waals surface area contributed by atoms with Gasteiger partial charge in [-0.1, -0.05) is 31.9 Å². The summed E-state index contributed by atoms with van der Waals surface area (Å²) >= 11 is 5.21. The van der Waals surface area contributed by atoms with Gasteiger partial charge in [0.25, 0.3) is 5.91 Å². The lowest BCUT2D eigenvalue weighted by molar-refractivity contribution is -0.119. The number of carbonyl (C=O) groups is 2. The molecule has 6 nitrogen and oxygen atoms in total. The molecule has 1 aliphatic rings. The van der Waals surface area contributed by atoms with Crippen LogP contribution in [0.25, 0.3) is 0 Å². The summed E-state index contributed by atoms with van der Waals surface area (Å²) in [4.78, 5) is 26.3. The largest absolute Gasteiger partial charge is 0.378 e. The van der Waals surface area contributed by atoms with E-state index in [4.69, 9.17) is 17.0 Å². The van der Waals surface area contributed by atoms with Gasteiger partial charge < -0.3 is 20.3 Å². The van der Waals surface area contributed by atoms with Crippen molar-refractivity contribution in [3.63, 3.8) is 0 Å². The number of para-hydroxylation sites is 1. The lowest BCUT2D eigenvalue weighted by Crippen LogP contribution is -2.41. The van der Waals surface area contributed by atoms with E-state index < -0.39 is 0 Å². The van der Waals surface area contributed by atoms with E-state index in [-0.39, 0.29) is 16.9 Å². The van der Waals surface area contributed by atoms with Gasteiger partial charge in [-0.15, -0.1) is 0 Å². The Kier molecular flexibility index (Phi) is 7.81. The van der Waals surface area contributed by atoms with E-state index in [1.807, 2.05) is 12.1 Å². The molecule has 1 fully saturated rings. The lowest BCUT2D eigenvalue weighted by Gasteiger charge is -2.27. The molecule has 136 valence electrons. The molecule has 25 heavy (non-hydrogen) atoms. The molecule has 0 radical (unpaired) electrons. The molecule has 0 saturated carbocycles. The first-order valence-electron chi connectivity index (χ1n) is 8.68. The fourth-order valence-electron chi connectivity index (χ4n) is 2.59. The number of thiocarbonyl (C=S) groups is 1. The number of nitrogens with zero attached hydrogens (tertiary/aromatic N) is 1. The Morgan fingerprint density at radius 3 is 2.64 bits per heavy atom. The molecule has 2 amide bonds. The SMILES string of the molecule is CCCCCC(=O)NC(=S)Nc1ccccc1C(=O)N1CCOCC1. The van der Waals surface area contributed by atoms with Crippen molar-refractivity contribution in [2.75, 3.05) is 31.6 Å². The number of anilines is 1. The Balaban J connectivity index is 1.96. The maximum atomic E-state index is 12.7. The smallest absolute Gasteiger partial charge is 0.256 e. The second-order valence-corrected chi connectivity index (χ2v) is 6.32. The van der Waals surface area contributed by atoms with E-state index in [1.54, 1.807) is 17.0 Å². The maximum Gasteiger partial charge on any atom is 0.256 e. The average molecular weight is 363 g/mol. The van der Waals surface area contributed by atoms with Gasteiger partial charge >= 0.3 is 0 Å². The van der Waals surface area contributed by atoms with Crippen LogP contribution in [-0.2, 0) is 9.53 Å². The molecule has 2 N–H and O–H groups in total. The number of rotatable bonds is 6. The number of carbonyl (C=O) groups excluding carboxylic acids is 2. The van der Waals surface area contributed by atoms with Crippen molar-refractivity contribution < 1.29 is 14.3 Å². The van der Waals surface area contributed by atoms with Gasteiger partial charge in [-0.3, -0.25) is 9.59 Å². The Morgan fingerprint density at radius 2 is 1.92 bits per heavy atom. The zero-order chi connectivity index (χ0) is 18.1. The minimum atomic E-state index is -0.108. The third-order valence-electron chi connectivity index (χ3n) is 3.96. The van der Waals surface area contributed by atoms with Crippen molar-refractivity contribution in [1.29, 1.82) is 0 Å². The second-order valence-electron chi connectivity index (χ2n) is 5.91. The van der Waals surface area contributed by atoms with Crippen LogP contribution >= 0.6 is 12.2 Å². The fraction of sp³-hybridized carbons (Fsp3) is 0.500. The summed E-state index contributed by atoms with van der Waals surface area (Å²) in [5.41, 5.74) is 1.13. The minimum Gasteiger partial charge on any atom is -0.378 e. The molecule has 0 spiro atoms. The van der Waals surface area contributed by atoms with Crippen LogP contribution in [-0.4, -0.2) is 48.1 Å². The highest BCUT2D eigenvalue weighted by atomic mass is 32.1. The molecule has 1 heterocycles. The molecule has 0 aliphatic carbocycles. The summed E-state index contributed by atoms with van der Waals surface area (Å²) in [7, 11) is 0. The third kappa shape index (κ3) is 6.10. The molecular formula is C18H25N3O3S. The Hall–Kier alpha value is -1.99. The molecule has 1 aromatic rings. The van der Waals surface area contributed by atoms with E-state index in [2.05, 4.69) is 17.6 Å². The summed E-state index contributed by atoms with van der Waals surface area (Å²) < 4.78 is 5.29. The zero-order valence-corrected chi connectivity index (χ0v) is 15.4. The highest BCUT2D eigenvalue weighted by molar-refractivity contribution is 7.80.